The van der Waals surface area contributed by atoms with Crippen LogP contribution >= 0.6 is 0 Å². The predicted octanol–water partition coefficient (Wildman–Crippen LogP) is 3.01. The van der Waals surface area contributed by atoms with Crippen LogP contribution in [0.5, 0.6) is 5.75 Å². The number of carbonyl (C=O) groups is 1. The van der Waals surface area contributed by atoms with E-state index in [1.807, 2.05) is 25.1 Å². The topological polar surface area (TPSA) is 94.4 Å². The first-order valence-electron chi connectivity index (χ1n) is 7.03. The highest BCUT2D eigenvalue weighted by Gasteiger charge is 2.22. The minimum atomic E-state index is -0.904. The zero-order valence-electron chi connectivity index (χ0n) is 13.1. The molecule has 0 aliphatic heterocycles. The first kappa shape index (κ1) is 16.4. The molecule has 0 radical (unpaired) electrons. The van der Waals surface area contributed by atoms with Gasteiger partial charge in [0.2, 0.25) is 5.75 Å². The molecule has 0 spiro atoms. The molecule has 0 aliphatic rings. The summed E-state index contributed by atoms with van der Waals surface area (Å²) in [4.78, 5) is 26.4. The summed E-state index contributed by atoms with van der Waals surface area (Å²) in [6.45, 7) is 5.08. The lowest BCUT2D eigenvalue weighted by Crippen LogP contribution is -2.30. The minimum Gasteiger partial charge on any atom is -0.473 e. The number of nitrogens with zero attached hydrogens (tertiary/aromatic N) is 2. The van der Waals surface area contributed by atoms with Crippen LogP contribution in [-0.4, -0.2) is 21.9 Å². The maximum absolute atomic E-state index is 12.1. The number of nitro groups is 1. The highest BCUT2D eigenvalue weighted by Crippen LogP contribution is 2.25. The third-order valence-corrected chi connectivity index (χ3v) is 3.11. The van der Waals surface area contributed by atoms with E-state index in [1.54, 1.807) is 19.1 Å². The fraction of sp³-hybridized carbons (Fsp3) is 0.250. The third-order valence-electron chi connectivity index (χ3n) is 3.11. The van der Waals surface area contributed by atoms with E-state index in [0.29, 0.717) is 11.4 Å². The molecule has 0 saturated carbocycles. The molecule has 120 valence electrons. The molecule has 0 fully saturated rings. The second-order valence-corrected chi connectivity index (χ2v) is 5.15. The summed E-state index contributed by atoms with van der Waals surface area (Å²) < 4.78 is 5.41. The molecule has 0 aliphatic carbocycles. The fourth-order valence-electron chi connectivity index (χ4n) is 1.96. The van der Waals surface area contributed by atoms with Crippen molar-refractivity contribution in [1.82, 2.24) is 4.98 Å². The van der Waals surface area contributed by atoms with Gasteiger partial charge in [-0.15, -0.1) is 0 Å². The lowest BCUT2D eigenvalue weighted by molar-refractivity contribution is -0.390. The first-order valence-corrected chi connectivity index (χ1v) is 7.03. The van der Waals surface area contributed by atoms with Gasteiger partial charge in [0, 0.05) is 12.6 Å². The summed E-state index contributed by atoms with van der Waals surface area (Å²) in [7, 11) is 0. The Morgan fingerprint density at radius 3 is 2.70 bits per heavy atom. The number of benzene rings is 1. The summed E-state index contributed by atoms with van der Waals surface area (Å²) in [5, 5.41) is 13.7. The van der Waals surface area contributed by atoms with Crippen molar-refractivity contribution in [1.29, 1.82) is 0 Å². The molecule has 2 rings (SSSR count). The molecule has 0 unspecified atom stereocenters. The van der Waals surface area contributed by atoms with Crippen molar-refractivity contribution in [2.45, 2.75) is 26.9 Å². The Morgan fingerprint density at radius 2 is 2.04 bits per heavy atom. The van der Waals surface area contributed by atoms with Crippen molar-refractivity contribution >= 4 is 17.4 Å². The quantitative estimate of drug-likeness (QED) is 0.676. The van der Waals surface area contributed by atoms with Crippen LogP contribution in [0.15, 0.2) is 36.4 Å². The zero-order chi connectivity index (χ0) is 17.0. The molecule has 1 N–H and O–H groups in total. The second-order valence-electron chi connectivity index (χ2n) is 5.15. The van der Waals surface area contributed by atoms with Gasteiger partial charge in [0.25, 0.3) is 5.91 Å². The average Bonchev–Trinajstić information content (AvgIpc) is 2.48. The Labute approximate surface area is 133 Å². The molecule has 1 heterocycles. The van der Waals surface area contributed by atoms with E-state index in [1.165, 1.54) is 13.0 Å². The monoisotopic (exact) mass is 315 g/mol. The normalized spacial score (nSPS) is 11.6. The molecule has 7 heteroatoms. The van der Waals surface area contributed by atoms with E-state index >= 15 is 0 Å². The number of rotatable bonds is 5. The van der Waals surface area contributed by atoms with Crippen molar-refractivity contribution in [2.24, 2.45) is 0 Å². The van der Waals surface area contributed by atoms with Crippen LogP contribution in [-0.2, 0) is 4.79 Å². The van der Waals surface area contributed by atoms with E-state index in [9.17, 15) is 14.9 Å². The summed E-state index contributed by atoms with van der Waals surface area (Å²) in [5.41, 5.74) is 2.15. The highest BCUT2D eigenvalue weighted by molar-refractivity contribution is 5.94. The van der Waals surface area contributed by atoms with Crippen LogP contribution in [0.2, 0.25) is 0 Å². The van der Waals surface area contributed by atoms with Gasteiger partial charge in [-0.05, 0) is 53.6 Å². The van der Waals surface area contributed by atoms with Crippen LogP contribution in [0.4, 0.5) is 11.5 Å². The number of hydrogen-bond donors (Lipinski definition) is 1. The van der Waals surface area contributed by atoms with Crippen molar-refractivity contribution in [3.05, 3.63) is 57.8 Å². The van der Waals surface area contributed by atoms with Crippen molar-refractivity contribution in [2.75, 3.05) is 5.32 Å². The molecular formula is C16H17N3O4. The summed E-state index contributed by atoms with van der Waals surface area (Å²) >= 11 is 0. The third kappa shape index (κ3) is 4.26. The average molecular weight is 315 g/mol. The number of aryl methyl sites for hydroxylation is 2. The van der Waals surface area contributed by atoms with Crippen LogP contribution in [0.25, 0.3) is 0 Å². The Hall–Kier alpha value is -2.96. The van der Waals surface area contributed by atoms with Gasteiger partial charge in [0.05, 0.1) is 0 Å². The maximum atomic E-state index is 12.1. The van der Waals surface area contributed by atoms with Crippen LogP contribution in [0.1, 0.15) is 18.2 Å². The lowest BCUT2D eigenvalue weighted by Gasteiger charge is -2.14. The molecular weight excluding hydrogens is 298 g/mol. The first-order chi connectivity index (χ1) is 10.9. The van der Waals surface area contributed by atoms with Crippen molar-refractivity contribution < 1.29 is 14.5 Å². The molecule has 1 amide bonds. The minimum absolute atomic E-state index is 0.0347. The maximum Gasteiger partial charge on any atom is 0.406 e. The van der Waals surface area contributed by atoms with E-state index in [4.69, 9.17) is 4.74 Å². The van der Waals surface area contributed by atoms with Crippen LogP contribution in [0.3, 0.4) is 0 Å². The highest BCUT2D eigenvalue weighted by atomic mass is 16.6. The van der Waals surface area contributed by atoms with Gasteiger partial charge in [-0.25, -0.2) is 0 Å². The van der Waals surface area contributed by atoms with Crippen LogP contribution in [0, 0.1) is 24.0 Å². The van der Waals surface area contributed by atoms with Gasteiger partial charge in [-0.3, -0.25) is 4.79 Å². The van der Waals surface area contributed by atoms with Gasteiger partial charge in [0.1, 0.15) is 5.69 Å². The SMILES string of the molecule is Cc1cccc(NC(=O)[C@@H](C)Oc2ccc(C)nc2[N+](=O)[O-])c1. The number of aromatic nitrogens is 1. The Balaban J connectivity index is 2.11. The molecule has 1 aromatic carbocycles. The standard InChI is InChI=1S/C16H17N3O4/c1-10-5-4-6-13(9-10)18-16(20)12(3)23-14-8-7-11(2)17-15(14)19(21)22/h4-9,12H,1-3H3,(H,18,20)/t12-/m1/s1. The van der Waals surface area contributed by atoms with Crippen LogP contribution < -0.4 is 10.1 Å². The Kier molecular flexibility index (Phi) is 4.90. The van der Waals surface area contributed by atoms with Crippen molar-refractivity contribution in [3.8, 4) is 5.75 Å². The molecule has 0 saturated heterocycles. The van der Waals surface area contributed by atoms with Gasteiger partial charge in [0.15, 0.2) is 6.10 Å². The molecule has 1 aromatic heterocycles. The zero-order valence-corrected chi connectivity index (χ0v) is 13.1. The van der Waals surface area contributed by atoms with Gasteiger partial charge in [-0.2, -0.15) is 0 Å². The predicted molar refractivity (Wildman–Crippen MR) is 85.5 cm³/mol. The lowest BCUT2D eigenvalue weighted by atomic mass is 10.2. The number of anilines is 1. The number of pyridine rings is 1. The number of amides is 1. The molecule has 2 aromatic rings. The molecule has 7 nitrogen and oxygen atoms in total. The van der Waals surface area contributed by atoms with E-state index < -0.39 is 22.8 Å². The molecule has 0 bridgehead atoms. The van der Waals surface area contributed by atoms with Crippen molar-refractivity contribution in [3.63, 3.8) is 0 Å². The summed E-state index contributed by atoms with van der Waals surface area (Å²) in [6.07, 6.45) is -0.904. The number of nitrogens with one attached hydrogen (secondary N) is 1. The smallest absolute Gasteiger partial charge is 0.406 e. The van der Waals surface area contributed by atoms with Gasteiger partial charge in [-0.1, -0.05) is 12.1 Å². The Bertz CT molecular complexity index is 746. The van der Waals surface area contributed by atoms with E-state index in [-0.39, 0.29) is 5.75 Å². The number of ether oxygens (including phenoxy) is 1. The van der Waals surface area contributed by atoms with E-state index in [2.05, 4.69) is 10.3 Å². The van der Waals surface area contributed by atoms with Gasteiger partial charge < -0.3 is 20.2 Å². The summed E-state index contributed by atoms with van der Waals surface area (Å²) in [5.74, 6) is -0.835. The molecule has 1 atom stereocenters. The van der Waals surface area contributed by atoms with Gasteiger partial charge >= 0.3 is 5.82 Å². The summed E-state index contributed by atoms with van der Waals surface area (Å²) in [6, 6.07) is 10.3. The molecule has 23 heavy (non-hydrogen) atoms. The Morgan fingerprint density at radius 1 is 1.30 bits per heavy atom. The van der Waals surface area contributed by atoms with E-state index in [0.717, 1.165) is 5.56 Å². The second kappa shape index (κ2) is 6.87. The fourth-order valence-corrected chi connectivity index (χ4v) is 1.96. The largest absolute Gasteiger partial charge is 0.473 e. The number of carbonyl (C=O) groups excluding carboxylic acids is 1. The number of hydrogen-bond acceptors (Lipinski definition) is 5.